The van der Waals surface area contributed by atoms with E-state index < -0.39 is 0 Å². The number of halogens is 1. The molecule has 0 fully saturated rings. The highest BCUT2D eigenvalue weighted by Gasteiger charge is 1.98. The number of benzene rings is 1. The van der Waals surface area contributed by atoms with Crippen LogP contribution in [0.2, 0.25) is 0 Å². The average molecular weight is 285 g/mol. The first-order valence-electron chi connectivity index (χ1n) is 4.11. The van der Waals surface area contributed by atoms with Gasteiger partial charge in [-0.3, -0.25) is 0 Å². The smallest absolute Gasteiger partial charge is 0.0376 e. The number of nitrogens with zero attached hydrogens (tertiary/aromatic N) is 1. The normalized spacial score (nSPS) is 9.31. The van der Waals surface area contributed by atoms with Crippen molar-refractivity contribution in [2.24, 2.45) is 0 Å². The lowest BCUT2D eigenvalue weighted by Crippen LogP contribution is -2.19. The molecule has 0 aromatic heterocycles. The van der Waals surface area contributed by atoms with E-state index >= 15 is 0 Å². The number of anilines is 1. The molecule has 0 heterocycles. The van der Waals surface area contributed by atoms with Gasteiger partial charge < -0.3 is 4.90 Å². The first-order valence-corrected chi connectivity index (χ1v) is 5.64. The van der Waals surface area contributed by atoms with Crippen LogP contribution in [0.3, 0.4) is 0 Å². The second kappa shape index (κ2) is 5.13. The van der Waals surface area contributed by atoms with Crippen LogP contribution < -0.4 is 4.90 Å². The summed E-state index contributed by atoms with van der Waals surface area (Å²) >= 11 is 2.37. The SMILES string of the molecule is C#Cc1cccc(N(C)CCI)c1. The van der Waals surface area contributed by atoms with E-state index in [9.17, 15) is 0 Å². The predicted octanol–water partition coefficient (Wildman–Crippen LogP) is 2.54. The summed E-state index contributed by atoms with van der Waals surface area (Å²) in [6, 6.07) is 8.05. The first-order chi connectivity index (χ1) is 6.27. The topological polar surface area (TPSA) is 3.24 Å². The van der Waals surface area contributed by atoms with E-state index in [0.29, 0.717) is 0 Å². The number of alkyl halides is 1. The van der Waals surface area contributed by atoms with Gasteiger partial charge in [-0.1, -0.05) is 34.6 Å². The summed E-state index contributed by atoms with van der Waals surface area (Å²) in [5.41, 5.74) is 2.13. The van der Waals surface area contributed by atoms with Gasteiger partial charge in [-0.25, -0.2) is 0 Å². The zero-order chi connectivity index (χ0) is 9.68. The molecule has 0 radical (unpaired) electrons. The van der Waals surface area contributed by atoms with Crippen LogP contribution in [-0.2, 0) is 0 Å². The van der Waals surface area contributed by atoms with Gasteiger partial charge in [-0.15, -0.1) is 6.42 Å². The number of rotatable bonds is 3. The van der Waals surface area contributed by atoms with Crippen LogP contribution in [0.4, 0.5) is 5.69 Å². The summed E-state index contributed by atoms with van der Waals surface area (Å²) in [6.45, 7) is 1.05. The fourth-order valence-corrected chi connectivity index (χ4v) is 1.81. The zero-order valence-corrected chi connectivity index (χ0v) is 9.78. The summed E-state index contributed by atoms with van der Waals surface area (Å²) in [5.74, 6) is 2.64. The molecule has 0 spiro atoms. The van der Waals surface area contributed by atoms with Crippen LogP contribution in [-0.4, -0.2) is 18.0 Å². The molecule has 13 heavy (non-hydrogen) atoms. The van der Waals surface area contributed by atoms with Crippen molar-refractivity contribution < 1.29 is 0 Å². The van der Waals surface area contributed by atoms with Gasteiger partial charge in [0, 0.05) is 29.3 Å². The molecule has 68 valence electrons. The van der Waals surface area contributed by atoms with Gasteiger partial charge in [-0.05, 0) is 18.2 Å². The monoisotopic (exact) mass is 285 g/mol. The summed E-state index contributed by atoms with van der Waals surface area (Å²) in [7, 11) is 2.08. The lowest BCUT2D eigenvalue weighted by atomic mass is 10.2. The van der Waals surface area contributed by atoms with Crippen LogP contribution >= 0.6 is 22.6 Å². The number of terminal acetylenes is 1. The van der Waals surface area contributed by atoms with E-state index in [2.05, 4.69) is 46.5 Å². The second-order valence-corrected chi connectivity index (χ2v) is 3.88. The van der Waals surface area contributed by atoms with Gasteiger partial charge in [0.1, 0.15) is 0 Å². The average Bonchev–Trinajstić information content (AvgIpc) is 2.18. The summed E-state index contributed by atoms with van der Waals surface area (Å²) in [6.07, 6.45) is 5.32. The molecule has 0 N–H and O–H groups in total. The highest BCUT2D eigenvalue weighted by molar-refractivity contribution is 14.1. The number of hydrogen-bond donors (Lipinski definition) is 0. The van der Waals surface area contributed by atoms with Crippen LogP contribution in [0.1, 0.15) is 5.56 Å². The minimum Gasteiger partial charge on any atom is -0.374 e. The molecule has 0 atom stereocenters. The van der Waals surface area contributed by atoms with Crippen molar-refractivity contribution in [3.63, 3.8) is 0 Å². The molecule has 0 aliphatic heterocycles. The van der Waals surface area contributed by atoms with Crippen molar-refractivity contribution in [1.29, 1.82) is 0 Å². The molecule has 1 aromatic carbocycles. The van der Waals surface area contributed by atoms with E-state index in [-0.39, 0.29) is 0 Å². The Morgan fingerprint density at radius 2 is 2.31 bits per heavy atom. The van der Waals surface area contributed by atoms with Crippen molar-refractivity contribution in [1.82, 2.24) is 0 Å². The molecule has 0 saturated carbocycles. The predicted molar refractivity (Wildman–Crippen MR) is 66.5 cm³/mol. The molecule has 1 nitrogen and oxygen atoms in total. The Morgan fingerprint density at radius 1 is 1.54 bits per heavy atom. The van der Waals surface area contributed by atoms with Gasteiger partial charge in [0.05, 0.1) is 0 Å². The highest BCUT2D eigenvalue weighted by Crippen LogP contribution is 2.13. The molecule has 1 rings (SSSR count). The molecule has 0 aliphatic rings. The zero-order valence-electron chi connectivity index (χ0n) is 7.63. The van der Waals surface area contributed by atoms with Gasteiger partial charge >= 0.3 is 0 Å². The summed E-state index contributed by atoms with van der Waals surface area (Å²) in [4.78, 5) is 2.20. The molecular weight excluding hydrogens is 273 g/mol. The summed E-state index contributed by atoms with van der Waals surface area (Å²) < 4.78 is 1.12. The second-order valence-electron chi connectivity index (χ2n) is 2.81. The molecule has 0 amide bonds. The lowest BCUT2D eigenvalue weighted by Gasteiger charge is -2.17. The Morgan fingerprint density at radius 3 is 2.92 bits per heavy atom. The Labute approximate surface area is 93.3 Å². The van der Waals surface area contributed by atoms with Crippen molar-refractivity contribution in [3.05, 3.63) is 29.8 Å². The molecular formula is C11H12IN. The quantitative estimate of drug-likeness (QED) is 0.468. The van der Waals surface area contributed by atoms with Crippen molar-refractivity contribution in [2.45, 2.75) is 0 Å². The molecule has 0 unspecified atom stereocenters. The van der Waals surface area contributed by atoms with Gasteiger partial charge in [0.25, 0.3) is 0 Å². The van der Waals surface area contributed by atoms with Crippen molar-refractivity contribution >= 4 is 28.3 Å². The Kier molecular flexibility index (Phi) is 4.10. The summed E-state index contributed by atoms with van der Waals surface area (Å²) in [5, 5.41) is 0. The van der Waals surface area contributed by atoms with Crippen LogP contribution in [0.5, 0.6) is 0 Å². The Bertz CT molecular complexity index is 314. The standard InChI is InChI=1S/C11H12IN/c1-3-10-5-4-6-11(9-10)13(2)8-7-12/h1,4-6,9H,7-8H2,2H3. The van der Waals surface area contributed by atoms with Crippen LogP contribution in [0.15, 0.2) is 24.3 Å². The van der Waals surface area contributed by atoms with E-state index in [4.69, 9.17) is 6.42 Å². The first kappa shape index (κ1) is 10.4. The molecule has 0 aliphatic carbocycles. The molecule has 0 bridgehead atoms. The highest BCUT2D eigenvalue weighted by atomic mass is 127. The maximum atomic E-state index is 5.32. The third-order valence-electron chi connectivity index (χ3n) is 1.87. The number of hydrogen-bond acceptors (Lipinski definition) is 1. The van der Waals surface area contributed by atoms with E-state index in [1.54, 1.807) is 0 Å². The molecule has 1 aromatic rings. The minimum atomic E-state index is 0.942. The maximum Gasteiger partial charge on any atom is 0.0376 e. The van der Waals surface area contributed by atoms with Gasteiger partial charge in [-0.2, -0.15) is 0 Å². The Hall–Kier alpha value is -0.690. The third kappa shape index (κ3) is 2.92. The maximum absolute atomic E-state index is 5.32. The third-order valence-corrected chi connectivity index (χ3v) is 2.36. The van der Waals surface area contributed by atoms with E-state index in [1.807, 2.05) is 18.2 Å². The van der Waals surface area contributed by atoms with Gasteiger partial charge in [0.15, 0.2) is 0 Å². The van der Waals surface area contributed by atoms with Gasteiger partial charge in [0.2, 0.25) is 0 Å². The van der Waals surface area contributed by atoms with E-state index in [1.165, 1.54) is 5.69 Å². The van der Waals surface area contributed by atoms with Crippen LogP contribution in [0.25, 0.3) is 0 Å². The van der Waals surface area contributed by atoms with E-state index in [0.717, 1.165) is 16.5 Å². The van der Waals surface area contributed by atoms with Crippen molar-refractivity contribution in [2.75, 3.05) is 22.9 Å². The minimum absolute atomic E-state index is 0.942. The Balaban J connectivity index is 2.83. The molecule has 0 saturated heterocycles. The fraction of sp³-hybridized carbons (Fsp3) is 0.273. The lowest BCUT2D eigenvalue weighted by molar-refractivity contribution is 0.987. The van der Waals surface area contributed by atoms with Crippen LogP contribution in [0, 0.1) is 12.3 Å². The fourth-order valence-electron chi connectivity index (χ4n) is 1.09. The molecule has 2 heteroatoms. The van der Waals surface area contributed by atoms with Crippen molar-refractivity contribution in [3.8, 4) is 12.3 Å². The largest absolute Gasteiger partial charge is 0.374 e.